The number of quaternary nitrogens is 1. The predicted octanol–water partition coefficient (Wildman–Crippen LogP) is 2.22. The molecule has 5 heteroatoms. The lowest BCUT2D eigenvalue weighted by Gasteiger charge is -2.14. The molecular weight excluding hydrogens is 328 g/mol. The number of benzene rings is 3. The van der Waals surface area contributed by atoms with Crippen molar-refractivity contribution in [2.24, 2.45) is 0 Å². The van der Waals surface area contributed by atoms with Crippen molar-refractivity contribution in [3.8, 4) is 11.5 Å². The van der Waals surface area contributed by atoms with Crippen molar-refractivity contribution in [3.05, 3.63) is 66.2 Å². The molecule has 0 saturated carbocycles. The predicted molar refractivity (Wildman–Crippen MR) is 101 cm³/mol. The van der Waals surface area contributed by atoms with Crippen molar-refractivity contribution in [1.29, 1.82) is 0 Å². The Morgan fingerprint density at radius 2 is 1.81 bits per heavy atom. The quantitative estimate of drug-likeness (QED) is 0.743. The monoisotopic (exact) mass is 349 g/mol. The van der Waals surface area contributed by atoms with Gasteiger partial charge in [-0.15, -0.1) is 0 Å². The van der Waals surface area contributed by atoms with E-state index in [1.54, 1.807) is 6.07 Å². The van der Waals surface area contributed by atoms with Crippen molar-refractivity contribution in [1.82, 2.24) is 0 Å². The lowest BCUT2D eigenvalue weighted by Crippen LogP contribution is -3.08. The number of rotatable bonds is 5. The first-order valence-electron chi connectivity index (χ1n) is 8.66. The number of amides is 1. The molecule has 1 aliphatic heterocycles. The van der Waals surface area contributed by atoms with E-state index in [0.29, 0.717) is 18.0 Å². The third-order valence-corrected chi connectivity index (χ3v) is 4.44. The molecule has 1 aliphatic rings. The molecule has 4 rings (SSSR count). The van der Waals surface area contributed by atoms with Crippen LogP contribution in [0.15, 0.2) is 60.7 Å². The topological polar surface area (TPSA) is 52.0 Å². The van der Waals surface area contributed by atoms with Crippen LogP contribution in [0.5, 0.6) is 11.5 Å². The van der Waals surface area contributed by atoms with Gasteiger partial charge in [0, 0.05) is 17.3 Å². The number of carbonyl (C=O) groups excluding carboxylic acids is 1. The van der Waals surface area contributed by atoms with Crippen molar-refractivity contribution in [3.63, 3.8) is 0 Å². The van der Waals surface area contributed by atoms with E-state index in [2.05, 4.69) is 35.6 Å². The molecule has 1 heterocycles. The van der Waals surface area contributed by atoms with Crippen LogP contribution in [0.3, 0.4) is 0 Å². The summed E-state index contributed by atoms with van der Waals surface area (Å²) in [5, 5.41) is 5.38. The molecule has 0 bridgehead atoms. The molecule has 0 aromatic heterocycles. The zero-order chi connectivity index (χ0) is 17.9. The van der Waals surface area contributed by atoms with Gasteiger partial charge in [0.05, 0.1) is 7.05 Å². The van der Waals surface area contributed by atoms with Gasteiger partial charge in [-0.25, -0.2) is 0 Å². The van der Waals surface area contributed by atoms with Crippen molar-refractivity contribution >= 4 is 22.4 Å². The number of likely N-dealkylation sites (N-methyl/N-ethyl adjacent to an activating group) is 1. The smallest absolute Gasteiger partial charge is 0.279 e. The minimum Gasteiger partial charge on any atom is -0.454 e. The van der Waals surface area contributed by atoms with Gasteiger partial charge in [-0.2, -0.15) is 0 Å². The van der Waals surface area contributed by atoms with Crippen LogP contribution in [0.2, 0.25) is 0 Å². The fraction of sp³-hybridized carbons (Fsp3) is 0.190. The lowest BCUT2D eigenvalue weighted by atomic mass is 10.1. The van der Waals surface area contributed by atoms with Crippen LogP contribution in [-0.2, 0) is 11.3 Å². The maximum atomic E-state index is 12.3. The Hall–Kier alpha value is -3.05. The van der Waals surface area contributed by atoms with Gasteiger partial charge in [0.15, 0.2) is 18.0 Å². The summed E-state index contributed by atoms with van der Waals surface area (Å²) in [5.41, 5.74) is 1.94. The van der Waals surface area contributed by atoms with Crippen molar-refractivity contribution < 1.29 is 19.2 Å². The number of fused-ring (bicyclic) bond motifs is 2. The van der Waals surface area contributed by atoms with Gasteiger partial charge in [0.2, 0.25) is 6.79 Å². The van der Waals surface area contributed by atoms with E-state index in [-0.39, 0.29) is 12.7 Å². The second kappa shape index (κ2) is 7.06. The molecule has 0 radical (unpaired) electrons. The highest BCUT2D eigenvalue weighted by molar-refractivity contribution is 5.91. The molecule has 1 amide bonds. The van der Waals surface area contributed by atoms with E-state index in [1.807, 2.05) is 31.3 Å². The highest BCUT2D eigenvalue weighted by atomic mass is 16.7. The molecule has 3 aromatic rings. The van der Waals surface area contributed by atoms with Crippen LogP contribution in [0.4, 0.5) is 5.69 Å². The van der Waals surface area contributed by atoms with Gasteiger partial charge in [-0.1, -0.05) is 36.4 Å². The number of nitrogens with one attached hydrogen (secondary N) is 2. The average Bonchev–Trinajstić information content (AvgIpc) is 3.09. The third-order valence-electron chi connectivity index (χ3n) is 4.44. The lowest BCUT2D eigenvalue weighted by molar-refractivity contribution is -0.885. The number of anilines is 1. The van der Waals surface area contributed by atoms with Gasteiger partial charge in [0.1, 0.15) is 6.54 Å². The average molecular weight is 349 g/mol. The van der Waals surface area contributed by atoms with Crippen LogP contribution in [0.1, 0.15) is 5.56 Å². The molecule has 1 unspecified atom stereocenters. The molecule has 2 N–H and O–H groups in total. The SMILES string of the molecule is C[NH+](CC(=O)Nc1ccc2c(c1)OCO2)Cc1ccc2ccccc2c1. The standard InChI is InChI=1S/C21H20N2O3/c1-23(12-15-6-7-16-4-2-3-5-17(16)10-15)13-21(24)22-18-8-9-19-20(11-18)26-14-25-19/h2-11H,12-14H2,1H3,(H,22,24)/p+1. The minimum absolute atomic E-state index is 0.0258. The normalized spacial score (nSPS) is 13.6. The summed E-state index contributed by atoms with van der Waals surface area (Å²) in [4.78, 5) is 13.4. The second-order valence-corrected chi connectivity index (χ2v) is 6.61. The van der Waals surface area contributed by atoms with Crippen LogP contribution >= 0.6 is 0 Å². The number of ether oxygens (including phenoxy) is 2. The molecule has 0 aliphatic carbocycles. The molecule has 3 aromatic carbocycles. The van der Waals surface area contributed by atoms with E-state index in [4.69, 9.17) is 9.47 Å². The van der Waals surface area contributed by atoms with E-state index in [9.17, 15) is 4.79 Å². The molecule has 26 heavy (non-hydrogen) atoms. The fourth-order valence-corrected chi connectivity index (χ4v) is 3.21. The van der Waals surface area contributed by atoms with Crippen LogP contribution in [-0.4, -0.2) is 26.3 Å². The minimum atomic E-state index is -0.0258. The van der Waals surface area contributed by atoms with E-state index < -0.39 is 0 Å². The summed E-state index contributed by atoms with van der Waals surface area (Å²) >= 11 is 0. The fourth-order valence-electron chi connectivity index (χ4n) is 3.21. The first-order chi connectivity index (χ1) is 12.7. The zero-order valence-corrected chi connectivity index (χ0v) is 14.6. The highest BCUT2D eigenvalue weighted by Crippen LogP contribution is 2.34. The zero-order valence-electron chi connectivity index (χ0n) is 14.6. The van der Waals surface area contributed by atoms with Gasteiger partial charge in [-0.05, 0) is 29.0 Å². The van der Waals surface area contributed by atoms with Crippen LogP contribution in [0.25, 0.3) is 10.8 Å². The molecule has 0 saturated heterocycles. The van der Waals surface area contributed by atoms with E-state index >= 15 is 0 Å². The summed E-state index contributed by atoms with van der Waals surface area (Å²) in [6.07, 6.45) is 0. The van der Waals surface area contributed by atoms with E-state index in [0.717, 1.165) is 17.1 Å². The largest absolute Gasteiger partial charge is 0.454 e. The highest BCUT2D eigenvalue weighted by Gasteiger charge is 2.16. The summed E-state index contributed by atoms with van der Waals surface area (Å²) in [6.45, 7) is 1.41. The number of hydrogen-bond donors (Lipinski definition) is 2. The Labute approximate surface area is 152 Å². The molecule has 5 nitrogen and oxygen atoms in total. The number of hydrogen-bond acceptors (Lipinski definition) is 3. The van der Waals surface area contributed by atoms with Gasteiger partial charge < -0.3 is 19.7 Å². The Kier molecular flexibility index (Phi) is 4.46. The van der Waals surface area contributed by atoms with Gasteiger partial charge >= 0.3 is 0 Å². The first kappa shape index (κ1) is 16.4. The first-order valence-corrected chi connectivity index (χ1v) is 8.66. The summed E-state index contributed by atoms with van der Waals surface area (Å²) in [6, 6.07) is 20.2. The Morgan fingerprint density at radius 3 is 2.69 bits per heavy atom. The van der Waals surface area contributed by atoms with Gasteiger partial charge in [-0.3, -0.25) is 4.79 Å². The van der Waals surface area contributed by atoms with Gasteiger partial charge in [0.25, 0.3) is 5.91 Å². The van der Waals surface area contributed by atoms with Crippen molar-refractivity contribution in [2.45, 2.75) is 6.54 Å². The maximum absolute atomic E-state index is 12.3. The van der Waals surface area contributed by atoms with Crippen molar-refractivity contribution in [2.75, 3.05) is 25.7 Å². The number of carbonyl (C=O) groups is 1. The molecule has 0 fully saturated rings. The molecular formula is C21H21N2O3+. The second-order valence-electron chi connectivity index (χ2n) is 6.61. The third kappa shape index (κ3) is 3.63. The molecule has 132 valence electrons. The Morgan fingerprint density at radius 1 is 1.00 bits per heavy atom. The van der Waals surface area contributed by atoms with Crippen LogP contribution in [0, 0.1) is 0 Å². The molecule has 1 atom stereocenters. The maximum Gasteiger partial charge on any atom is 0.279 e. The summed E-state index contributed by atoms with van der Waals surface area (Å²) in [5.74, 6) is 1.35. The molecule has 0 spiro atoms. The Balaban J connectivity index is 1.36. The summed E-state index contributed by atoms with van der Waals surface area (Å²) in [7, 11) is 2.02. The van der Waals surface area contributed by atoms with Crippen LogP contribution < -0.4 is 19.7 Å². The summed E-state index contributed by atoms with van der Waals surface area (Å²) < 4.78 is 10.6. The van der Waals surface area contributed by atoms with E-state index in [1.165, 1.54) is 16.3 Å². The Bertz CT molecular complexity index is 955.